The fourth-order valence-corrected chi connectivity index (χ4v) is 5.02. The van der Waals surface area contributed by atoms with Crippen molar-refractivity contribution in [3.05, 3.63) is 146 Å². The molecule has 0 radical (unpaired) electrons. The van der Waals surface area contributed by atoms with Crippen LogP contribution in [0.1, 0.15) is 0 Å². The Labute approximate surface area is 232 Å². The van der Waals surface area contributed by atoms with Crippen LogP contribution >= 0.6 is 0 Å². The highest BCUT2D eigenvalue weighted by Crippen LogP contribution is 2.33. The molecule has 2 heterocycles. The third kappa shape index (κ3) is 4.63. The second kappa shape index (κ2) is 10.4. The quantitative estimate of drug-likeness (QED) is 0.231. The Balaban J connectivity index is 1.32. The number of fused-ring (bicyclic) bond motifs is 1. The lowest BCUT2D eigenvalue weighted by atomic mass is 9.95. The van der Waals surface area contributed by atoms with Crippen molar-refractivity contribution in [2.75, 3.05) is 0 Å². The number of hydrogen-bond acceptors (Lipinski definition) is 4. The van der Waals surface area contributed by atoms with Gasteiger partial charge in [-0.25, -0.2) is 15.0 Å². The van der Waals surface area contributed by atoms with E-state index in [1.807, 2.05) is 85.2 Å². The molecule has 0 bridgehead atoms. The highest BCUT2D eigenvalue weighted by molar-refractivity contribution is 5.98. The highest BCUT2D eigenvalue weighted by Gasteiger charge is 2.13. The zero-order valence-electron chi connectivity index (χ0n) is 21.6. The minimum absolute atomic E-state index is 0.648. The zero-order valence-corrected chi connectivity index (χ0v) is 21.6. The molecule has 0 aliphatic rings. The first-order valence-electron chi connectivity index (χ1n) is 13.2. The molecule has 4 heteroatoms. The van der Waals surface area contributed by atoms with Crippen LogP contribution in [0.15, 0.2) is 146 Å². The second-order valence-corrected chi connectivity index (χ2v) is 9.60. The topological polar surface area (TPSA) is 51.6 Å². The van der Waals surface area contributed by atoms with E-state index in [-0.39, 0.29) is 0 Å². The van der Waals surface area contributed by atoms with Crippen LogP contribution < -0.4 is 0 Å². The van der Waals surface area contributed by atoms with Gasteiger partial charge in [-0.05, 0) is 57.3 Å². The van der Waals surface area contributed by atoms with Crippen LogP contribution in [0.4, 0.5) is 0 Å². The maximum Gasteiger partial charge on any atom is 0.164 e. The Bertz CT molecular complexity index is 1880. The van der Waals surface area contributed by atoms with Crippen LogP contribution in [0, 0.1) is 0 Å². The molecule has 0 N–H and O–H groups in total. The van der Waals surface area contributed by atoms with Crippen LogP contribution in [0.3, 0.4) is 0 Å². The van der Waals surface area contributed by atoms with Crippen molar-refractivity contribution in [2.24, 2.45) is 0 Å². The maximum atomic E-state index is 4.90. The molecule has 4 nitrogen and oxygen atoms in total. The Kier molecular flexibility index (Phi) is 6.11. The van der Waals surface area contributed by atoms with Crippen LogP contribution in [0.2, 0.25) is 0 Å². The van der Waals surface area contributed by atoms with Gasteiger partial charge in [0.15, 0.2) is 17.5 Å². The molecular weight excluding hydrogens is 488 g/mol. The SMILES string of the molecule is c1ccc(-c2nc(-c3ccccc3)nc(-c3cccc(-c4ccc5c(-c6ccncc6)cccc5c4)c3)n2)cc1. The Morgan fingerprint density at radius 3 is 1.57 bits per heavy atom. The lowest BCUT2D eigenvalue weighted by Gasteiger charge is -2.11. The summed E-state index contributed by atoms with van der Waals surface area (Å²) in [6.07, 6.45) is 3.67. The van der Waals surface area contributed by atoms with Crippen LogP contribution in [0.5, 0.6) is 0 Å². The van der Waals surface area contributed by atoms with Gasteiger partial charge >= 0.3 is 0 Å². The number of pyridine rings is 1. The summed E-state index contributed by atoms with van der Waals surface area (Å²) in [7, 11) is 0. The third-order valence-electron chi connectivity index (χ3n) is 7.03. The molecule has 7 rings (SSSR count). The number of hydrogen-bond donors (Lipinski definition) is 0. The van der Waals surface area contributed by atoms with E-state index in [1.54, 1.807) is 0 Å². The van der Waals surface area contributed by atoms with Crippen molar-refractivity contribution in [1.29, 1.82) is 0 Å². The van der Waals surface area contributed by atoms with Crippen molar-refractivity contribution in [3.8, 4) is 56.4 Å². The summed E-state index contributed by atoms with van der Waals surface area (Å²) in [5, 5.41) is 2.40. The molecule has 7 aromatic rings. The summed E-state index contributed by atoms with van der Waals surface area (Å²) < 4.78 is 0. The molecule has 40 heavy (non-hydrogen) atoms. The van der Waals surface area contributed by atoms with E-state index in [1.165, 1.54) is 16.3 Å². The molecule has 188 valence electrons. The Hall–Kier alpha value is -5.48. The van der Waals surface area contributed by atoms with Crippen molar-refractivity contribution < 1.29 is 0 Å². The van der Waals surface area contributed by atoms with E-state index >= 15 is 0 Å². The number of aromatic nitrogens is 4. The number of nitrogens with zero attached hydrogens (tertiary/aromatic N) is 4. The maximum absolute atomic E-state index is 4.90. The molecule has 0 spiro atoms. The summed E-state index contributed by atoms with van der Waals surface area (Å²) in [5.74, 6) is 1.96. The van der Waals surface area contributed by atoms with E-state index in [2.05, 4.69) is 65.6 Å². The van der Waals surface area contributed by atoms with Crippen molar-refractivity contribution in [2.45, 2.75) is 0 Å². The highest BCUT2D eigenvalue weighted by atomic mass is 15.0. The predicted octanol–water partition coefficient (Wildman–Crippen LogP) is 8.75. The molecule has 0 aliphatic heterocycles. The van der Waals surface area contributed by atoms with Gasteiger partial charge in [0, 0.05) is 29.1 Å². The first kappa shape index (κ1) is 23.6. The Morgan fingerprint density at radius 2 is 0.900 bits per heavy atom. The third-order valence-corrected chi connectivity index (χ3v) is 7.03. The van der Waals surface area contributed by atoms with Crippen molar-refractivity contribution in [1.82, 2.24) is 19.9 Å². The number of rotatable bonds is 5. The van der Waals surface area contributed by atoms with Gasteiger partial charge in [-0.3, -0.25) is 4.98 Å². The molecular formula is C36H24N4. The summed E-state index contributed by atoms with van der Waals surface area (Å²) in [6, 6.07) is 45.7. The van der Waals surface area contributed by atoms with Gasteiger partial charge < -0.3 is 0 Å². The summed E-state index contributed by atoms with van der Waals surface area (Å²) in [6.45, 7) is 0. The van der Waals surface area contributed by atoms with E-state index in [0.29, 0.717) is 17.5 Å². The Morgan fingerprint density at radius 1 is 0.350 bits per heavy atom. The number of benzene rings is 5. The van der Waals surface area contributed by atoms with Gasteiger partial charge in [0.2, 0.25) is 0 Å². The summed E-state index contributed by atoms with van der Waals surface area (Å²) >= 11 is 0. The average molecular weight is 513 g/mol. The predicted molar refractivity (Wildman–Crippen MR) is 162 cm³/mol. The van der Waals surface area contributed by atoms with Crippen molar-refractivity contribution >= 4 is 10.8 Å². The van der Waals surface area contributed by atoms with Crippen LogP contribution in [0.25, 0.3) is 67.2 Å². The zero-order chi connectivity index (χ0) is 26.7. The molecule has 5 aromatic carbocycles. The van der Waals surface area contributed by atoms with Gasteiger partial charge in [-0.15, -0.1) is 0 Å². The standard InChI is InChI=1S/C36H24N4/c1-3-9-26(10-4-1)34-38-35(27-11-5-2-6-12-27)40-36(39-34)31-15-7-13-28(24-31)29-17-18-33-30(23-29)14-8-16-32(33)25-19-21-37-22-20-25/h1-24H. The van der Waals surface area contributed by atoms with Crippen molar-refractivity contribution in [3.63, 3.8) is 0 Å². The molecule has 2 aromatic heterocycles. The van der Waals surface area contributed by atoms with Gasteiger partial charge in [0.25, 0.3) is 0 Å². The van der Waals surface area contributed by atoms with E-state index in [4.69, 9.17) is 15.0 Å². The van der Waals surface area contributed by atoms with Crippen LogP contribution in [-0.2, 0) is 0 Å². The molecule has 0 unspecified atom stereocenters. The smallest absolute Gasteiger partial charge is 0.164 e. The fraction of sp³-hybridized carbons (Fsp3) is 0. The van der Waals surface area contributed by atoms with Gasteiger partial charge in [0.05, 0.1) is 0 Å². The first-order chi connectivity index (χ1) is 19.8. The van der Waals surface area contributed by atoms with E-state index in [0.717, 1.165) is 33.4 Å². The molecule has 0 amide bonds. The normalized spacial score (nSPS) is 11.0. The van der Waals surface area contributed by atoms with E-state index < -0.39 is 0 Å². The lowest BCUT2D eigenvalue weighted by molar-refractivity contribution is 1.07. The largest absolute Gasteiger partial charge is 0.265 e. The van der Waals surface area contributed by atoms with Gasteiger partial charge in [-0.1, -0.05) is 109 Å². The molecule has 0 aliphatic carbocycles. The second-order valence-electron chi connectivity index (χ2n) is 9.60. The van der Waals surface area contributed by atoms with E-state index in [9.17, 15) is 0 Å². The summed E-state index contributed by atoms with van der Waals surface area (Å²) in [4.78, 5) is 18.8. The molecule has 0 saturated carbocycles. The molecule has 0 fully saturated rings. The minimum Gasteiger partial charge on any atom is -0.265 e. The molecule has 0 atom stereocenters. The van der Waals surface area contributed by atoms with Crippen LogP contribution in [-0.4, -0.2) is 19.9 Å². The summed E-state index contributed by atoms with van der Waals surface area (Å²) in [5.41, 5.74) is 7.47. The minimum atomic E-state index is 0.648. The first-order valence-corrected chi connectivity index (χ1v) is 13.2. The van der Waals surface area contributed by atoms with Gasteiger partial charge in [0.1, 0.15) is 0 Å². The molecule has 0 saturated heterocycles. The fourth-order valence-electron chi connectivity index (χ4n) is 5.02. The lowest BCUT2D eigenvalue weighted by Crippen LogP contribution is -2.00. The van der Waals surface area contributed by atoms with Gasteiger partial charge in [-0.2, -0.15) is 0 Å². The average Bonchev–Trinajstić information content (AvgIpc) is 3.05. The monoisotopic (exact) mass is 512 g/mol.